The predicted octanol–water partition coefficient (Wildman–Crippen LogP) is 3.82. The molecule has 2 heterocycles. The topological polar surface area (TPSA) is 108 Å². The monoisotopic (exact) mass is 493 g/mol. The van der Waals surface area contributed by atoms with E-state index in [2.05, 4.69) is 14.2 Å². The summed E-state index contributed by atoms with van der Waals surface area (Å²) in [6, 6.07) is 3.47. The first-order chi connectivity index (χ1) is 15.1. The van der Waals surface area contributed by atoms with Crippen molar-refractivity contribution in [3.05, 3.63) is 29.6 Å². The van der Waals surface area contributed by atoms with Gasteiger partial charge in [-0.25, -0.2) is 14.2 Å². The van der Waals surface area contributed by atoms with Crippen molar-refractivity contribution in [1.29, 1.82) is 0 Å². The summed E-state index contributed by atoms with van der Waals surface area (Å²) in [6.45, 7) is 4.75. The Hall–Kier alpha value is -3.16. The lowest BCUT2D eigenvalue weighted by atomic mass is 10.2. The number of carbonyl (C=O) groups excluding carboxylic acids is 1. The second-order valence-corrected chi connectivity index (χ2v) is 9.41. The van der Waals surface area contributed by atoms with Crippen molar-refractivity contribution < 1.29 is 44.4 Å². The number of rotatable bonds is 4. The molecule has 0 aliphatic carbocycles. The molecule has 0 fully saturated rings. The first-order valence-corrected chi connectivity index (χ1v) is 10.8. The van der Waals surface area contributed by atoms with Gasteiger partial charge >= 0.3 is 21.7 Å². The van der Waals surface area contributed by atoms with Crippen LogP contribution in [0, 0.1) is 5.82 Å². The van der Waals surface area contributed by atoms with Crippen LogP contribution < -0.4 is 13.8 Å². The maximum atomic E-state index is 14.2. The number of anilines is 1. The van der Waals surface area contributed by atoms with Crippen molar-refractivity contribution >= 4 is 22.0 Å². The van der Waals surface area contributed by atoms with Gasteiger partial charge in [-0.05, 0) is 45.4 Å². The zero-order valence-electron chi connectivity index (χ0n) is 17.9. The smallest absolute Gasteiger partial charge is 0.494 e. The Morgan fingerprint density at radius 1 is 1.15 bits per heavy atom. The second-order valence-electron chi connectivity index (χ2n) is 7.87. The Labute approximate surface area is 186 Å². The third-order valence-electron chi connectivity index (χ3n) is 4.28. The average Bonchev–Trinajstić information content (AvgIpc) is 3.10. The lowest BCUT2D eigenvalue weighted by Gasteiger charge is -2.24. The van der Waals surface area contributed by atoms with E-state index < -0.39 is 39.0 Å². The normalized spacial score (nSPS) is 14.1. The van der Waals surface area contributed by atoms with E-state index in [0.717, 1.165) is 11.0 Å². The van der Waals surface area contributed by atoms with Crippen LogP contribution in [0.2, 0.25) is 0 Å². The van der Waals surface area contributed by atoms with Crippen LogP contribution in [0.3, 0.4) is 0 Å². The number of halogens is 4. The number of fused-ring (bicyclic) bond motifs is 1. The van der Waals surface area contributed by atoms with Gasteiger partial charge in [0, 0.05) is 12.1 Å². The Morgan fingerprint density at radius 3 is 2.36 bits per heavy atom. The quantitative estimate of drug-likeness (QED) is 0.360. The molecule has 0 saturated heterocycles. The van der Waals surface area contributed by atoms with Crippen LogP contribution in [0.4, 0.5) is 28.2 Å². The molecule has 33 heavy (non-hydrogen) atoms. The van der Waals surface area contributed by atoms with Gasteiger partial charge in [-0.2, -0.15) is 26.6 Å². The molecule has 180 valence electrons. The zero-order valence-corrected chi connectivity index (χ0v) is 18.7. The molecule has 1 aliphatic heterocycles. The number of aromatic nitrogens is 2. The van der Waals surface area contributed by atoms with Gasteiger partial charge in [0.25, 0.3) is 0 Å². The SMILES string of the molecule is COc1ccc(-c2nc(OS(=O)(=O)C(F)(F)F)c3c(n2)N(C(=O)OC(C)(C)C)CC3)cc1F. The van der Waals surface area contributed by atoms with Crippen molar-refractivity contribution in [3.8, 4) is 23.0 Å². The average molecular weight is 493 g/mol. The molecule has 0 radical (unpaired) electrons. The van der Waals surface area contributed by atoms with Crippen LogP contribution in [0.25, 0.3) is 11.4 Å². The molecule has 0 bridgehead atoms. The summed E-state index contributed by atoms with van der Waals surface area (Å²) in [7, 11) is -4.84. The number of alkyl halides is 3. The first-order valence-electron chi connectivity index (χ1n) is 9.39. The van der Waals surface area contributed by atoms with Crippen molar-refractivity contribution in [1.82, 2.24) is 9.97 Å². The van der Waals surface area contributed by atoms with Crippen LogP contribution in [0.5, 0.6) is 11.6 Å². The summed E-state index contributed by atoms with van der Waals surface area (Å²) < 4.78 is 90.6. The molecular weight excluding hydrogens is 474 g/mol. The summed E-state index contributed by atoms with van der Waals surface area (Å²) in [4.78, 5) is 21.5. The Morgan fingerprint density at radius 2 is 1.82 bits per heavy atom. The standard InChI is InChI=1S/C19H19F4N3O6S/c1-18(2,3)31-17(27)26-8-7-11-15(26)24-14(10-5-6-13(30-4)12(20)9-10)25-16(11)32-33(28,29)19(21,22)23/h5-6,9H,7-8H2,1-4H3. The maximum absolute atomic E-state index is 14.2. The van der Waals surface area contributed by atoms with Crippen LogP contribution in [-0.4, -0.2) is 49.2 Å². The number of hydrogen-bond donors (Lipinski definition) is 0. The summed E-state index contributed by atoms with van der Waals surface area (Å²) in [5.74, 6) is -2.45. The number of nitrogens with zero attached hydrogens (tertiary/aromatic N) is 3. The minimum atomic E-state index is -6.08. The maximum Gasteiger partial charge on any atom is 0.534 e. The lowest BCUT2D eigenvalue weighted by molar-refractivity contribution is -0.0501. The summed E-state index contributed by atoms with van der Waals surface area (Å²) in [6.07, 6.45) is -0.967. The van der Waals surface area contributed by atoms with E-state index in [4.69, 9.17) is 9.47 Å². The molecule has 0 spiro atoms. The Kier molecular flexibility index (Phi) is 6.17. The van der Waals surface area contributed by atoms with Crippen LogP contribution in [0.15, 0.2) is 18.2 Å². The largest absolute Gasteiger partial charge is 0.534 e. The highest BCUT2D eigenvalue weighted by Gasteiger charge is 2.49. The number of methoxy groups -OCH3 is 1. The van der Waals surface area contributed by atoms with Gasteiger partial charge in [0.05, 0.1) is 12.7 Å². The number of hydrogen-bond acceptors (Lipinski definition) is 8. The summed E-state index contributed by atoms with van der Waals surface area (Å²) in [5, 5.41) is 0. The fourth-order valence-corrected chi connectivity index (χ4v) is 3.31. The van der Waals surface area contributed by atoms with Crippen molar-refractivity contribution in [2.24, 2.45) is 0 Å². The molecule has 1 aromatic heterocycles. The minimum Gasteiger partial charge on any atom is -0.494 e. The van der Waals surface area contributed by atoms with Gasteiger partial charge in [-0.1, -0.05) is 0 Å². The highest BCUT2D eigenvalue weighted by molar-refractivity contribution is 7.87. The van der Waals surface area contributed by atoms with Crippen molar-refractivity contribution in [3.63, 3.8) is 0 Å². The van der Waals surface area contributed by atoms with E-state index in [-0.39, 0.29) is 41.5 Å². The van der Waals surface area contributed by atoms with E-state index >= 15 is 0 Å². The van der Waals surface area contributed by atoms with Gasteiger partial charge < -0.3 is 13.7 Å². The molecule has 1 amide bonds. The minimum absolute atomic E-state index is 0.0265. The molecule has 1 aliphatic rings. The highest BCUT2D eigenvalue weighted by atomic mass is 32.2. The number of benzene rings is 1. The Balaban J connectivity index is 2.15. The second kappa shape index (κ2) is 8.32. The molecule has 2 aromatic rings. The van der Waals surface area contributed by atoms with Gasteiger partial charge in [-0.15, -0.1) is 0 Å². The predicted molar refractivity (Wildman–Crippen MR) is 107 cm³/mol. The number of carbonyl (C=O) groups is 1. The molecule has 1 aromatic carbocycles. The molecule has 0 N–H and O–H groups in total. The van der Waals surface area contributed by atoms with E-state index in [1.807, 2.05) is 0 Å². The van der Waals surface area contributed by atoms with Crippen LogP contribution >= 0.6 is 0 Å². The summed E-state index contributed by atoms with van der Waals surface area (Å²) in [5.41, 5.74) is -6.79. The van der Waals surface area contributed by atoms with Gasteiger partial charge in [0.2, 0.25) is 5.88 Å². The van der Waals surface area contributed by atoms with Crippen molar-refractivity contribution in [2.45, 2.75) is 38.3 Å². The highest BCUT2D eigenvalue weighted by Crippen LogP contribution is 2.38. The van der Waals surface area contributed by atoms with Gasteiger partial charge in [0.1, 0.15) is 11.4 Å². The van der Waals surface area contributed by atoms with Gasteiger partial charge in [0.15, 0.2) is 17.4 Å². The molecule has 14 heteroatoms. The third kappa shape index (κ3) is 5.10. The number of amides is 1. The molecule has 9 nitrogen and oxygen atoms in total. The fourth-order valence-electron chi connectivity index (χ4n) is 2.87. The van der Waals surface area contributed by atoms with Crippen LogP contribution in [0.1, 0.15) is 26.3 Å². The van der Waals surface area contributed by atoms with E-state index in [1.54, 1.807) is 20.8 Å². The molecule has 0 atom stereocenters. The van der Waals surface area contributed by atoms with Crippen molar-refractivity contribution in [2.75, 3.05) is 18.6 Å². The molecule has 0 saturated carbocycles. The molecule has 3 rings (SSSR count). The van der Waals surface area contributed by atoms with Gasteiger partial charge in [-0.3, -0.25) is 4.90 Å². The molecule has 0 unspecified atom stereocenters. The number of ether oxygens (including phenoxy) is 2. The van der Waals surface area contributed by atoms with E-state index in [9.17, 15) is 30.8 Å². The molecular formula is C19H19F4N3O6S. The first kappa shape index (κ1) is 24.5. The zero-order chi connectivity index (χ0) is 24.8. The Bertz CT molecular complexity index is 1200. The van der Waals surface area contributed by atoms with Crippen LogP contribution in [-0.2, 0) is 21.3 Å². The van der Waals surface area contributed by atoms with E-state index in [0.29, 0.717) is 0 Å². The fraction of sp³-hybridized carbons (Fsp3) is 0.421. The summed E-state index contributed by atoms with van der Waals surface area (Å²) >= 11 is 0. The van der Waals surface area contributed by atoms with E-state index in [1.165, 1.54) is 19.2 Å². The lowest BCUT2D eigenvalue weighted by Crippen LogP contribution is -2.36. The third-order valence-corrected chi connectivity index (χ3v) is 5.23.